The van der Waals surface area contributed by atoms with Gasteiger partial charge in [-0.3, -0.25) is 9.59 Å². The van der Waals surface area contributed by atoms with Crippen molar-refractivity contribution in [1.29, 1.82) is 0 Å². The van der Waals surface area contributed by atoms with Crippen molar-refractivity contribution in [3.8, 4) is 0 Å². The van der Waals surface area contributed by atoms with E-state index in [0.29, 0.717) is 5.92 Å². The number of hydrogen-bond acceptors (Lipinski definition) is 2. The Morgan fingerprint density at radius 3 is 2.37 bits per heavy atom. The summed E-state index contributed by atoms with van der Waals surface area (Å²) in [5.74, 6) is 0.373. The lowest BCUT2D eigenvalue weighted by Crippen LogP contribution is -2.34. The van der Waals surface area contributed by atoms with E-state index in [1.807, 2.05) is 39.0 Å². The van der Waals surface area contributed by atoms with Gasteiger partial charge in [0.25, 0.3) is 0 Å². The SMILES string of the molecule is Cc1cccc(C)c1NC(=O)CNC(=O)[C@@H]1C[C@@H]1C. The maximum absolute atomic E-state index is 11.8. The van der Waals surface area contributed by atoms with E-state index >= 15 is 0 Å². The smallest absolute Gasteiger partial charge is 0.243 e. The molecule has 102 valence electrons. The van der Waals surface area contributed by atoms with Gasteiger partial charge in [-0.15, -0.1) is 0 Å². The Labute approximate surface area is 113 Å². The van der Waals surface area contributed by atoms with Crippen LogP contribution in [-0.2, 0) is 9.59 Å². The van der Waals surface area contributed by atoms with Gasteiger partial charge in [0.05, 0.1) is 6.54 Å². The summed E-state index contributed by atoms with van der Waals surface area (Å²) in [5, 5.41) is 5.53. The normalized spacial score (nSPS) is 20.8. The van der Waals surface area contributed by atoms with E-state index in [0.717, 1.165) is 23.2 Å². The van der Waals surface area contributed by atoms with Crippen LogP contribution in [0.5, 0.6) is 0 Å². The molecular formula is C15H20N2O2. The predicted octanol–water partition coefficient (Wildman–Crippen LogP) is 2.01. The van der Waals surface area contributed by atoms with Gasteiger partial charge in [0.1, 0.15) is 0 Å². The second-order valence-corrected chi connectivity index (χ2v) is 5.35. The van der Waals surface area contributed by atoms with E-state index in [1.54, 1.807) is 0 Å². The molecule has 1 aromatic rings. The van der Waals surface area contributed by atoms with Crippen LogP contribution in [0.1, 0.15) is 24.5 Å². The molecule has 0 radical (unpaired) electrons. The van der Waals surface area contributed by atoms with E-state index in [-0.39, 0.29) is 24.3 Å². The molecule has 2 rings (SSSR count). The second kappa shape index (κ2) is 5.43. The first-order chi connectivity index (χ1) is 8.99. The molecule has 0 bridgehead atoms. The molecule has 1 aliphatic rings. The van der Waals surface area contributed by atoms with Crippen LogP contribution in [0, 0.1) is 25.7 Å². The molecule has 0 unspecified atom stereocenters. The van der Waals surface area contributed by atoms with E-state index < -0.39 is 0 Å². The van der Waals surface area contributed by atoms with Gasteiger partial charge in [-0.1, -0.05) is 25.1 Å². The number of hydrogen-bond donors (Lipinski definition) is 2. The van der Waals surface area contributed by atoms with Crippen LogP contribution < -0.4 is 10.6 Å². The van der Waals surface area contributed by atoms with Gasteiger partial charge >= 0.3 is 0 Å². The van der Waals surface area contributed by atoms with Gasteiger partial charge in [0.2, 0.25) is 11.8 Å². The van der Waals surface area contributed by atoms with Crippen LogP contribution in [-0.4, -0.2) is 18.4 Å². The molecule has 4 heteroatoms. The summed E-state index contributed by atoms with van der Waals surface area (Å²) in [5.41, 5.74) is 2.88. The van der Waals surface area contributed by atoms with Crippen LogP contribution in [0.3, 0.4) is 0 Å². The number of anilines is 1. The maximum Gasteiger partial charge on any atom is 0.243 e. The zero-order valence-corrected chi connectivity index (χ0v) is 11.6. The first-order valence-electron chi connectivity index (χ1n) is 6.63. The second-order valence-electron chi connectivity index (χ2n) is 5.35. The van der Waals surface area contributed by atoms with Crippen LogP contribution in [0.4, 0.5) is 5.69 Å². The molecule has 0 aromatic heterocycles. The zero-order valence-electron chi connectivity index (χ0n) is 11.6. The monoisotopic (exact) mass is 260 g/mol. The lowest BCUT2D eigenvalue weighted by Gasteiger charge is -2.11. The van der Waals surface area contributed by atoms with Crippen molar-refractivity contribution < 1.29 is 9.59 Å². The lowest BCUT2D eigenvalue weighted by atomic mass is 10.1. The Morgan fingerprint density at radius 2 is 1.84 bits per heavy atom. The molecule has 2 atom stereocenters. The van der Waals surface area contributed by atoms with Crippen LogP contribution in [0.15, 0.2) is 18.2 Å². The third kappa shape index (κ3) is 3.34. The number of aryl methyl sites for hydroxylation is 2. The minimum absolute atomic E-state index is 0.0100. The van der Waals surface area contributed by atoms with E-state index in [1.165, 1.54) is 0 Å². The minimum Gasteiger partial charge on any atom is -0.347 e. The average Bonchev–Trinajstić information content (AvgIpc) is 3.08. The molecule has 2 amide bonds. The Balaban J connectivity index is 1.86. The molecule has 1 aliphatic carbocycles. The van der Waals surface area contributed by atoms with Crippen molar-refractivity contribution in [2.45, 2.75) is 27.2 Å². The van der Waals surface area contributed by atoms with Gasteiger partial charge in [-0.2, -0.15) is 0 Å². The van der Waals surface area contributed by atoms with E-state index in [9.17, 15) is 9.59 Å². The van der Waals surface area contributed by atoms with Crippen LogP contribution in [0.2, 0.25) is 0 Å². The topological polar surface area (TPSA) is 58.2 Å². The largest absolute Gasteiger partial charge is 0.347 e. The fourth-order valence-electron chi connectivity index (χ4n) is 2.18. The average molecular weight is 260 g/mol. The summed E-state index contributed by atoms with van der Waals surface area (Å²) < 4.78 is 0. The molecule has 1 aromatic carbocycles. The Hall–Kier alpha value is -1.84. The quantitative estimate of drug-likeness (QED) is 0.870. The van der Waals surface area contributed by atoms with Crippen molar-refractivity contribution in [2.75, 3.05) is 11.9 Å². The van der Waals surface area contributed by atoms with Crippen molar-refractivity contribution in [2.24, 2.45) is 11.8 Å². The zero-order chi connectivity index (χ0) is 14.0. The highest BCUT2D eigenvalue weighted by atomic mass is 16.2. The van der Waals surface area contributed by atoms with Gasteiger partial charge in [0, 0.05) is 11.6 Å². The van der Waals surface area contributed by atoms with Gasteiger partial charge in [0.15, 0.2) is 0 Å². The number of rotatable bonds is 4. The molecule has 1 fully saturated rings. The van der Waals surface area contributed by atoms with Crippen molar-refractivity contribution >= 4 is 17.5 Å². The Morgan fingerprint density at radius 1 is 1.26 bits per heavy atom. The van der Waals surface area contributed by atoms with Gasteiger partial charge in [-0.05, 0) is 37.3 Å². The van der Waals surface area contributed by atoms with Crippen molar-refractivity contribution in [3.05, 3.63) is 29.3 Å². The first-order valence-corrected chi connectivity index (χ1v) is 6.63. The summed E-state index contributed by atoms with van der Waals surface area (Å²) in [4.78, 5) is 23.4. The lowest BCUT2D eigenvalue weighted by molar-refractivity contribution is -0.125. The number of nitrogens with one attached hydrogen (secondary N) is 2. The highest BCUT2D eigenvalue weighted by molar-refractivity contribution is 5.96. The van der Waals surface area contributed by atoms with Gasteiger partial charge in [-0.25, -0.2) is 0 Å². The highest BCUT2D eigenvalue weighted by Gasteiger charge is 2.38. The summed E-state index contributed by atoms with van der Waals surface area (Å²) in [6.07, 6.45) is 0.935. The first kappa shape index (κ1) is 13.6. The van der Waals surface area contributed by atoms with Crippen LogP contribution >= 0.6 is 0 Å². The third-order valence-corrected chi connectivity index (χ3v) is 3.61. The molecule has 0 heterocycles. The minimum atomic E-state index is -0.181. The summed E-state index contributed by atoms with van der Waals surface area (Å²) in [6.45, 7) is 5.98. The number of benzene rings is 1. The fourth-order valence-corrected chi connectivity index (χ4v) is 2.18. The fraction of sp³-hybridized carbons (Fsp3) is 0.467. The molecule has 2 N–H and O–H groups in total. The van der Waals surface area contributed by atoms with E-state index in [4.69, 9.17) is 0 Å². The number of carbonyl (C=O) groups is 2. The predicted molar refractivity (Wildman–Crippen MR) is 74.8 cm³/mol. The standard InChI is InChI=1S/C15H20N2O2/c1-9-5-4-6-10(2)14(9)17-13(18)8-16-15(19)12-7-11(12)3/h4-6,11-12H,7-8H2,1-3H3,(H,16,19)(H,17,18)/t11-,12+/m0/s1. The molecule has 0 aliphatic heterocycles. The Kier molecular flexibility index (Phi) is 3.88. The number of amides is 2. The number of carbonyl (C=O) groups excluding carboxylic acids is 2. The van der Waals surface area contributed by atoms with E-state index in [2.05, 4.69) is 10.6 Å². The van der Waals surface area contributed by atoms with Crippen LogP contribution in [0.25, 0.3) is 0 Å². The number of para-hydroxylation sites is 1. The summed E-state index contributed by atoms with van der Waals surface area (Å²) in [7, 11) is 0. The molecule has 1 saturated carbocycles. The Bertz CT molecular complexity index is 491. The maximum atomic E-state index is 11.8. The van der Waals surface area contributed by atoms with Gasteiger partial charge < -0.3 is 10.6 Å². The molecule has 19 heavy (non-hydrogen) atoms. The van der Waals surface area contributed by atoms with Crippen molar-refractivity contribution in [1.82, 2.24) is 5.32 Å². The molecule has 4 nitrogen and oxygen atoms in total. The highest BCUT2D eigenvalue weighted by Crippen LogP contribution is 2.37. The third-order valence-electron chi connectivity index (χ3n) is 3.61. The summed E-state index contributed by atoms with van der Waals surface area (Å²) >= 11 is 0. The summed E-state index contributed by atoms with van der Waals surface area (Å²) in [6, 6.07) is 5.86. The molecule has 0 saturated heterocycles. The molecule has 0 spiro atoms. The molecular weight excluding hydrogens is 240 g/mol. The van der Waals surface area contributed by atoms with Crippen molar-refractivity contribution in [3.63, 3.8) is 0 Å².